The van der Waals surface area contributed by atoms with Gasteiger partial charge in [0.2, 0.25) is 0 Å². The highest BCUT2D eigenvalue weighted by molar-refractivity contribution is 7.59. The molecule has 2 bridgehead atoms. The van der Waals surface area contributed by atoms with E-state index in [2.05, 4.69) is 34.9 Å². The number of anilines is 1. The highest BCUT2D eigenvalue weighted by atomic mass is 32.1. The maximum Gasteiger partial charge on any atom is 0.159 e. The van der Waals surface area contributed by atoms with Gasteiger partial charge in [-0.15, -0.1) is 0 Å². The van der Waals surface area contributed by atoms with Gasteiger partial charge in [0.05, 0.1) is 36.6 Å². The van der Waals surface area contributed by atoms with Crippen LogP contribution in [0.3, 0.4) is 0 Å². The Morgan fingerprint density at radius 2 is 1.68 bits per heavy atom. The molecular weight excluding hydrogens is 516 g/mol. The van der Waals surface area contributed by atoms with E-state index < -0.39 is 5.60 Å². The van der Waals surface area contributed by atoms with Crippen molar-refractivity contribution in [1.29, 1.82) is 0 Å². The van der Waals surface area contributed by atoms with Crippen LogP contribution in [0, 0.1) is 13.8 Å². The quantitative estimate of drug-likeness (QED) is 0.525. The first-order chi connectivity index (χ1) is 17.3. The van der Waals surface area contributed by atoms with Gasteiger partial charge < -0.3 is 14.7 Å². The number of likely N-dealkylation sites (tertiary alicyclic amines) is 1. The Morgan fingerprint density at radius 3 is 2.34 bits per heavy atom. The van der Waals surface area contributed by atoms with Crippen LogP contribution >= 0.6 is 27.0 Å². The molecule has 3 saturated heterocycles. The summed E-state index contributed by atoms with van der Waals surface area (Å²) in [5, 5.41) is 16.3. The first kappa shape index (κ1) is 27.7. The summed E-state index contributed by atoms with van der Waals surface area (Å²) in [6.07, 6.45) is 6.90. The molecule has 1 aliphatic carbocycles. The molecular formula is C28H40N6O2S2. The topological polar surface area (TPSA) is 79.5 Å². The molecule has 0 radical (unpaired) electrons. The first-order valence-electron chi connectivity index (χ1n) is 13.5. The van der Waals surface area contributed by atoms with Crippen molar-refractivity contribution < 1.29 is 9.84 Å². The zero-order chi connectivity index (χ0) is 24.6. The van der Waals surface area contributed by atoms with E-state index in [9.17, 15) is 5.11 Å². The largest absolute Gasteiger partial charge is 0.390 e. The van der Waals surface area contributed by atoms with E-state index in [0.29, 0.717) is 24.0 Å². The molecule has 1 saturated carbocycles. The van der Waals surface area contributed by atoms with Crippen molar-refractivity contribution in [2.75, 3.05) is 31.2 Å². The monoisotopic (exact) mass is 556 g/mol. The standard InChI is InChI=1S/C28H36N6O2.2H2S/c1-17-8-20-12-29-34(25(20)10-24(17)19-4-6-28(3,35)7-5-19)27-11-26(30-18(2)31-27)33-14-21-9-22(33)13-32(21)23-15-36-16-23;;/h8,10-12,19,21-23,35H,4-7,9,13-16H2,1-3H3;2*1H2. The first-order valence-corrected chi connectivity index (χ1v) is 13.5. The van der Waals surface area contributed by atoms with E-state index in [-0.39, 0.29) is 27.0 Å². The minimum atomic E-state index is -0.525. The van der Waals surface area contributed by atoms with Gasteiger partial charge in [-0.25, -0.2) is 14.6 Å². The number of piperazine rings is 1. The Hall–Kier alpha value is -1.85. The predicted octanol–water partition coefficient (Wildman–Crippen LogP) is 3.73. The van der Waals surface area contributed by atoms with E-state index in [1.54, 1.807) is 0 Å². The molecule has 0 spiro atoms. The summed E-state index contributed by atoms with van der Waals surface area (Å²) in [6, 6.07) is 8.39. The highest BCUT2D eigenvalue weighted by Crippen LogP contribution is 2.40. The molecule has 2 aromatic heterocycles. The Balaban J connectivity index is 0.00000147. The zero-order valence-electron chi connectivity index (χ0n) is 22.5. The zero-order valence-corrected chi connectivity index (χ0v) is 24.5. The third-order valence-electron chi connectivity index (χ3n) is 9.15. The van der Waals surface area contributed by atoms with Crippen molar-refractivity contribution >= 4 is 43.7 Å². The third kappa shape index (κ3) is 4.72. The van der Waals surface area contributed by atoms with Crippen LogP contribution in [0.2, 0.25) is 0 Å². The second kappa shape index (κ2) is 10.3. The Labute approximate surface area is 238 Å². The van der Waals surface area contributed by atoms with Gasteiger partial charge in [-0.1, -0.05) is 0 Å². The molecule has 2 unspecified atom stereocenters. The van der Waals surface area contributed by atoms with Crippen LogP contribution < -0.4 is 4.90 Å². The minimum absolute atomic E-state index is 0. The lowest BCUT2D eigenvalue weighted by Crippen LogP contribution is -2.57. The van der Waals surface area contributed by atoms with Crippen LogP contribution in [-0.4, -0.2) is 79.8 Å². The van der Waals surface area contributed by atoms with E-state index >= 15 is 0 Å². The number of aliphatic hydroxyl groups is 1. The molecule has 38 heavy (non-hydrogen) atoms. The lowest BCUT2D eigenvalue weighted by molar-refractivity contribution is -0.0708. The van der Waals surface area contributed by atoms with Crippen molar-refractivity contribution in [2.24, 2.45) is 0 Å². The Bertz CT molecular complexity index is 1320. The van der Waals surface area contributed by atoms with Gasteiger partial charge in [0.1, 0.15) is 11.6 Å². The molecule has 1 aromatic carbocycles. The number of fused-ring (bicyclic) bond motifs is 3. The number of hydrogen-bond acceptors (Lipinski definition) is 7. The lowest BCUT2D eigenvalue weighted by atomic mass is 9.76. The van der Waals surface area contributed by atoms with Crippen molar-refractivity contribution in [3.05, 3.63) is 41.3 Å². The Kier molecular flexibility index (Phi) is 7.49. The minimum Gasteiger partial charge on any atom is -0.390 e. The second-order valence-electron chi connectivity index (χ2n) is 11.8. The van der Waals surface area contributed by atoms with Crippen LogP contribution in [0.1, 0.15) is 61.9 Å². The summed E-state index contributed by atoms with van der Waals surface area (Å²) in [4.78, 5) is 14.8. The fourth-order valence-electron chi connectivity index (χ4n) is 7.01. The summed E-state index contributed by atoms with van der Waals surface area (Å²) < 4.78 is 7.43. The number of ether oxygens (including phenoxy) is 1. The predicted molar refractivity (Wildman–Crippen MR) is 160 cm³/mol. The molecule has 4 fully saturated rings. The number of nitrogens with zero attached hydrogens (tertiary/aromatic N) is 6. The maximum absolute atomic E-state index is 10.4. The summed E-state index contributed by atoms with van der Waals surface area (Å²) >= 11 is 0. The molecule has 2 atom stereocenters. The molecule has 4 aliphatic rings. The summed E-state index contributed by atoms with van der Waals surface area (Å²) in [6.45, 7) is 10.0. The number of benzene rings is 1. The van der Waals surface area contributed by atoms with E-state index in [0.717, 1.165) is 80.3 Å². The molecule has 7 rings (SSSR count). The van der Waals surface area contributed by atoms with Crippen molar-refractivity contribution in [3.63, 3.8) is 0 Å². The van der Waals surface area contributed by atoms with Crippen molar-refractivity contribution in [2.45, 2.75) is 82.5 Å². The van der Waals surface area contributed by atoms with Crippen LogP contribution in [0.4, 0.5) is 5.82 Å². The second-order valence-corrected chi connectivity index (χ2v) is 11.8. The van der Waals surface area contributed by atoms with Gasteiger partial charge in [-0.3, -0.25) is 4.90 Å². The molecule has 10 heteroatoms. The van der Waals surface area contributed by atoms with Crippen LogP contribution in [0.25, 0.3) is 16.7 Å². The molecule has 0 amide bonds. The third-order valence-corrected chi connectivity index (χ3v) is 9.15. The fraction of sp³-hybridized carbons (Fsp3) is 0.607. The number of aromatic nitrogens is 4. The average Bonchev–Trinajstić information content (AvgIpc) is 3.51. The molecule has 5 heterocycles. The van der Waals surface area contributed by atoms with Crippen LogP contribution in [0.5, 0.6) is 0 Å². The Morgan fingerprint density at radius 1 is 0.947 bits per heavy atom. The van der Waals surface area contributed by atoms with Crippen LogP contribution in [-0.2, 0) is 4.74 Å². The van der Waals surface area contributed by atoms with Gasteiger partial charge >= 0.3 is 0 Å². The van der Waals surface area contributed by atoms with Crippen molar-refractivity contribution in [3.8, 4) is 5.82 Å². The highest BCUT2D eigenvalue weighted by Gasteiger charge is 2.47. The number of aryl methyl sites for hydroxylation is 2. The normalized spacial score (nSPS) is 29.3. The lowest BCUT2D eigenvalue weighted by Gasteiger charge is -2.42. The molecule has 206 valence electrons. The SMILES string of the molecule is Cc1nc(N2CC3CC2CN3C2COC2)cc(-n2ncc3cc(C)c(C4CCC(C)(O)CC4)cc32)n1.S.S. The van der Waals surface area contributed by atoms with Gasteiger partial charge in [-0.05, 0) is 82.1 Å². The molecule has 1 N–H and O–H groups in total. The van der Waals surface area contributed by atoms with E-state index in [1.165, 1.54) is 17.5 Å². The number of hydrogen-bond donors (Lipinski definition) is 1. The molecule has 3 aliphatic heterocycles. The number of rotatable bonds is 4. The van der Waals surface area contributed by atoms with E-state index in [4.69, 9.17) is 19.8 Å². The average molecular weight is 557 g/mol. The van der Waals surface area contributed by atoms with Gasteiger partial charge in [-0.2, -0.15) is 32.1 Å². The molecule has 3 aromatic rings. The fourth-order valence-corrected chi connectivity index (χ4v) is 7.01. The maximum atomic E-state index is 10.4. The van der Waals surface area contributed by atoms with E-state index in [1.807, 2.05) is 24.7 Å². The summed E-state index contributed by atoms with van der Waals surface area (Å²) in [5.41, 5.74) is 3.25. The van der Waals surface area contributed by atoms with Crippen LogP contribution in [0.15, 0.2) is 24.4 Å². The summed E-state index contributed by atoms with van der Waals surface area (Å²) in [7, 11) is 0. The van der Waals surface area contributed by atoms with Gasteiger partial charge in [0.15, 0.2) is 5.82 Å². The van der Waals surface area contributed by atoms with Gasteiger partial charge in [0.25, 0.3) is 0 Å². The molecule has 8 nitrogen and oxygen atoms in total. The van der Waals surface area contributed by atoms with Gasteiger partial charge in [0, 0.05) is 36.6 Å². The smallest absolute Gasteiger partial charge is 0.159 e. The summed E-state index contributed by atoms with van der Waals surface area (Å²) in [5.74, 6) is 3.10. The van der Waals surface area contributed by atoms with Crippen molar-refractivity contribution in [1.82, 2.24) is 24.6 Å².